The number of hydrogen-bond acceptors (Lipinski definition) is 8. The summed E-state index contributed by atoms with van der Waals surface area (Å²) in [6.45, 7) is 10.3. The zero-order valence-electron chi connectivity index (χ0n) is 15.3. The molecule has 0 atom stereocenters. The molecule has 0 radical (unpaired) electrons. The summed E-state index contributed by atoms with van der Waals surface area (Å²) >= 11 is 0. The highest BCUT2D eigenvalue weighted by Gasteiger charge is 2.22. The average molecular weight is 353 g/mol. The van der Waals surface area contributed by atoms with Crippen LogP contribution in [0.2, 0.25) is 0 Å². The first-order chi connectivity index (χ1) is 12.6. The smallest absolute Gasteiger partial charge is 0.254 e. The minimum absolute atomic E-state index is 0.639. The van der Waals surface area contributed by atoms with Crippen molar-refractivity contribution in [1.82, 2.24) is 29.5 Å². The summed E-state index contributed by atoms with van der Waals surface area (Å²) in [7, 11) is 0. The van der Waals surface area contributed by atoms with Crippen LogP contribution in [-0.2, 0) is 0 Å². The molecule has 0 bridgehead atoms. The molecule has 0 saturated carbocycles. The number of anilines is 3. The zero-order chi connectivity index (χ0) is 18.1. The lowest BCUT2D eigenvalue weighted by Gasteiger charge is -2.36. The molecule has 9 nitrogen and oxygen atoms in total. The van der Waals surface area contributed by atoms with Gasteiger partial charge in [0, 0.05) is 56.2 Å². The van der Waals surface area contributed by atoms with E-state index >= 15 is 0 Å². The SMILES string of the molecule is CCNc1cc(C)nc(N2CCN(c3cc(C)nc4ncnn34)CC2)n1. The third kappa shape index (κ3) is 3.12. The fourth-order valence-electron chi connectivity index (χ4n) is 3.24. The average Bonchev–Trinajstić information content (AvgIpc) is 3.09. The molecule has 0 amide bonds. The van der Waals surface area contributed by atoms with E-state index in [0.29, 0.717) is 5.78 Å². The summed E-state index contributed by atoms with van der Waals surface area (Å²) in [6, 6.07) is 4.04. The number of aromatic nitrogens is 6. The topological polar surface area (TPSA) is 87.4 Å². The second-order valence-electron chi connectivity index (χ2n) is 6.43. The number of nitrogens with zero attached hydrogens (tertiary/aromatic N) is 8. The molecule has 1 aliphatic rings. The van der Waals surface area contributed by atoms with Crippen LogP contribution in [0.3, 0.4) is 0 Å². The van der Waals surface area contributed by atoms with E-state index in [9.17, 15) is 0 Å². The Morgan fingerprint density at radius 3 is 2.46 bits per heavy atom. The lowest BCUT2D eigenvalue weighted by atomic mass is 10.3. The van der Waals surface area contributed by atoms with Crippen molar-refractivity contribution in [3.05, 3.63) is 29.8 Å². The molecule has 9 heteroatoms. The Hall–Kier alpha value is -2.97. The van der Waals surface area contributed by atoms with Crippen LogP contribution in [0, 0.1) is 13.8 Å². The van der Waals surface area contributed by atoms with Gasteiger partial charge >= 0.3 is 0 Å². The Morgan fingerprint density at radius 1 is 0.962 bits per heavy atom. The predicted molar refractivity (Wildman–Crippen MR) is 101 cm³/mol. The van der Waals surface area contributed by atoms with Crippen molar-refractivity contribution in [2.24, 2.45) is 0 Å². The van der Waals surface area contributed by atoms with Gasteiger partial charge in [0.25, 0.3) is 5.78 Å². The molecular weight excluding hydrogens is 330 g/mol. The van der Waals surface area contributed by atoms with Gasteiger partial charge in [0.05, 0.1) is 0 Å². The highest BCUT2D eigenvalue weighted by atomic mass is 15.4. The van der Waals surface area contributed by atoms with Crippen molar-refractivity contribution >= 4 is 23.4 Å². The molecule has 3 aromatic heterocycles. The van der Waals surface area contributed by atoms with Gasteiger partial charge in [-0.2, -0.15) is 19.6 Å². The Kier molecular flexibility index (Phi) is 4.27. The highest BCUT2D eigenvalue weighted by Crippen LogP contribution is 2.20. The van der Waals surface area contributed by atoms with Crippen molar-refractivity contribution in [3.8, 4) is 0 Å². The molecular formula is C17H23N9. The summed E-state index contributed by atoms with van der Waals surface area (Å²) in [5.74, 6) is 3.34. The van der Waals surface area contributed by atoms with Crippen LogP contribution < -0.4 is 15.1 Å². The van der Waals surface area contributed by atoms with Crippen LogP contribution in [0.1, 0.15) is 18.3 Å². The van der Waals surface area contributed by atoms with Gasteiger partial charge in [-0.15, -0.1) is 0 Å². The van der Waals surface area contributed by atoms with E-state index in [-0.39, 0.29) is 0 Å². The summed E-state index contributed by atoms with van der Waals surface area (Å²) in [5.41, 5.74) is 1.92. The van der Waals surface area contributed by atoms with Gasteiger partial charge in [-0.25, -0.2) is 9.97 Å². The van der Waals surface area contributed by atoms with Crippen LogP contribution >= 0.6 is 0 Å². The third-order valence-electron chi connectivity index (χ3n) is 4.45. The van der Waals surface area contributed by atoms with Crippen molar-refractivity contribution in [3.63, 3.8) is 0 Å². The number of hydrogen-bond donors (Lipinski definition) is 1. The fourth-order valence-corrected chi connectivity index (χ4v) is 3.24. The number of piperazine rings is 1. The maximum Gasteiger partial charge on any atom is 0.254 e. The molecule has 0 unspecified atom stereocenters. The number of nitrogens with one attached hydrogen (secondary N) is 1. The largest absolute Gasteiger partial charge is 0.370 e. The van der Waals surface area contributed by atoms with Crippen LogP contribution in [-0.4, -0.2) is 62.3 Å². The van der Waals surface area contributed by atoms with Gasteiger partial charge in [-0.3, -0.25) is 0 Å². The van der Waals surface area contributed by atoms with E-state index in [1.54, 1.807) is 10.8 Å². The van der Waals surface area contributed by atoms with Crippen LogP contribution in [0.5, 0.6) is 0 Å². The molecule has 1 N–H and O–H groups in total. The Labute approximate surface area is 152 Å². The zero-order valence-corrected chi connectivity index (χ0v) is 15.3. The normalized spacial score (nSPS) is 14.9. The summed E-state index contributed by atoms with van der Waals surface area (Å²) in [5, 5.41) is 7.58. The lowest BCUT2D eigenvalue weighted by Crippen LogP contribution is -2.47. The third-order valence-corrected chi connectivity index (χ3v) is 4.45. The first-order valence-corrected chi connectivity index (χ1v) is 8.91. The van der Waals surface area contributed by atoms with E-state index in [0.717, 1.165) is 61.7 Å². The monoisotopic (exact) mass is 353 g/mol. The first-order valence-electron chi connectivity index (χ1n) is 8.91. The van der Waals surface area contributed by atoms with Crippen molar-refractivity contribution in [1.29, 1.82) is 0 Å². The van der Waals surface area contributed by atoms with Crippen LogP contribution in [0.25, 0.3) is 5.78 Å². The van der Waals surface area contributed by atoms with Gasteiger partial charge in [0.15, 0.2) is 0 Å². The maximum atomic E-state index is 4.65. The standard InChI is InChI=1S/C17H23N9/c1-4-18-14-9-12(2)22-17(23-14)25-7-5-24(6-8-25)15-10-13(3)21-16-19-11-20-26(15)16/h9-11H,4-8H2,1-3H3,(H,18,22,23). The van der Waals surface area contributed by atoms with E-state index in [1.807, 2.05) is 19.9 Å². The Bertz CT molecular complexity index is 912. The number of aryl methyl sites for hydroxylation is 2. The van der Waals surface area contributed by atoms with E-state index in [1.165, 1.54) is 0 Å². The number of rotatable bonds is 4. The second-order valence-corrected chi connectivity index (χ2v) is 6.43. The summed E-state index contributed by atoms with van der Waals surface area (Å²) < 4.78 is 1.80. The molecule has 26 heavy (non-hydrogen) atoms. The molecule has 4 rings (SSSR count). The highest BCUT2D eigenvalue weighted by molar-refractivity contribution is 5.50. The minimum Gasteiger partial charge on any atom is -0.370 e. The van der Waals surface area contributed by atoms with E-state index in [4.69, 9.17) is 0 Å². The Balaban J connectivity index is 1.53. The molecule has 1 aliphatic heterocycles. The fraction of sp³-hybridized carbons (Fsp3) is 0.471. The van der Waals surface area contributed by atoms with Crippen LogP contribution in [0.15, 0.2) is 18.5 Å². The van der Waals surface area contributed by atoms with E-state index < -0.39 is 0 Å². The number of fused-ring (bicyclic) bond motifs is 1. The van der Waals surface area contributed by atoms with Crippen molar-refractivity contribution in [2.75, 3.05) is 47.8 Å². The van der Waals surface area contributed by atoms with Gasteiger partial charge in [-0.05, 0) is 20.8 Å². The minimum atomic E-state index is 0.639. The molecule has 1 fully saturated rings. The molecule has 1 saturated heterocycles. The first kappa shape index (κ1) is 16.5. The van der Waals surface area contributed by atoms with Gasteiger partial charge in [0.2, 0.25) is 5.95 Å². The molecule has 0 aliphatic carbocycles. The molecule has 3 aromatic rings. The molecule has 4 heterocycles. The molecule has 0 spiro atoms. The Morgan fingerprint density at radius 2 is 1.69 bits per heavy atom. The predicted octanol–water partition coefficient (Wildman–Crippen LogP) is 1.29. The maximum absolute atomic E-state index is 4.65. The van der Waals surface area contributed by atoms with Gasteiger partial charge < -0.3 is 15.1 Å². The van der Waals surface area contributed by atoms with Crippen molar-refractivity contribution in [2.45, 2.75) is 20.8 Å². The molecule has 0 aromatic carbocycles. The van der Waals surface area contributed by atoms with Gasteiger partial charge in [0.1, 0.15) is 18.0 Å². The van der Waals surface area contributed by atoms with Crippen LogP contribution in [0.4, 0.5) is 17.6 Å². The van der Waals surface area contributed by atoms with Crippen molar-refractivity contribution < 1.29 is 0 Å². The quantitative estimate of drug-likeness (QED) is 0.751. The van der Waals surface area contributed by atoms with Gasteiger partial charge in [-0.1, -0.05) is 0 Å². The lowest BCUT2D eigenvalue weighted by molar-refractivity contribution is 0.626. The van der Waals surface area contributed by atoms with E-state index in [2.05, 4.69) is 53.1 Å². The molecule has 136 valence electrons. The summed E-state index contributed by atoms with van der Waals surface area (Å²) in [4.78, 5) is 22.4. The summed E-state index contributed by atoms with van der Waals surface area (Å²) in [6.07, 6.45) is 1.55. The second kappa shape index (κ2) is 6.74.